The number of carbonyl (C=O) groups is 2. The van der Waals surface area contributed by atoms with Crippen LogP contribution in [0, 0.1) is 6.92 Å². The highest BCUT2D eigenvalue weighted by molar-refractivity contribution is 5.89. The molecule has 0 aromatic heterocycles. The molecule has 1 amide bonds. The van der Waals surface area contributed by atoms with Gasteiger partial charge in [0, 0.05) is 0 Å². The van der Waals surface area contributed by atoms with Gasteiger partial charge in [-0.15, -0.1) is 0 Å². The van der Waals surface area contributed by atoms with Crippen molar-refractivity contribution in [3.63, 3.8) is 0 Å². The van der Waals surface area contributed by atoms with Gasteiger partial charge in [-0.2, -0.15) is 0 Å². The molecule has 0 saturated heterocycles. The molecular formula is C18H19NO4. The molecule has 2 aromatic rings. The number of rotatable bonds is 5. The zero-order valence-corrected chi connectivity index (χ0v) is 13.1. The number of aryl methyl sites for hydroxylation is 1. The third-order valence-electron chi connectivity index (χ3n) is 3.53. The van der Waals surface area contributed by atoms with Crippen molar-refractivity contribution in [2.24, 2.45) is 0 Å². The number of hydrogen-bond donors (Lipinski definition) is 2. The Morgan fingerprint density at radius 2 is 1.87 bits per heavy atom. The Labute approximate surface area is 134 Å². The first-order chi connectivity index (χ1) is 11.0. The SMILES string of the molecule is Cc1cc([C@@H](C)NC(=O)OCc2ccccc2)ccc1C(=O)O. The number of aromatic carboxylic acids is 1. The maximum absolute atomic E-state index is 11.8. The normalized spacial score (nSPS) is 11.6. The highest BCUT2D eigenvalue weighted by atomic mass is 16.5. The number of benzene rings is 2. The average Bonchev–Trinajstić information content (AvgIpc) is 2.53. The summed E-state index contributed by atoms with van der Waals surface area (Å²) in [6.07, 6.45) is -0.513. The molecule has 0 fully saturated rings. The van der Waals surface area contributed by atoms with E-state index in [2.05, 4.69) is 5.32 Å². The largest absolute Gasteiger partial charge is 0.478 e. The van der Waals surface area contributed by atoms with Crippen LogP contribution in [0.1, 0.15) is 40.0 Å². The van der Waals surface area contributed by atoms with Gasteiger partial charge in [0.1, 0.15) is 6.61 Å². The molecule has 120 valence electrons. The van der Waals surface area contributed by atoms with E-state index in [0.717, 1.165) is 11.1 Å². The lowest BCUT2D eigenvalue weighted by Gasteiger charge is -2.15. The summed E-state index contributed by atoms with van der Waals surface area (Å²) in [5.74, 6) is -0.961. The molecule has 0 unspecified atom stereocenters. The van der Waals surface area contributed by atoms with Crippen molar-refractivity contribution in [2.75, 3.05) is 0 Å². The van der Waals surface area contributed by atoms with E-state index in [-0.39, 0.29) is 18.2 Å². The molecule has 1 atom stereocenters. The number of carboxylic acid groups (broad SMARTS) is 1. The van der Waals surface area contributed by atoms with Gasteiger partial charge in [-0.3, -0.25) is 0 Å². The third kappa shape index (κ3) is 4.57. The lowest BCUT2D eigenvalue weighted by molar-refractivity contribution is 0.0696. The smallest absolute Gasteiger partial charge is 0.407 e. The van der Waals surface area contributed by atoms with Crippen molar-refractivity contribution in [3.05, 3.63) is 70.8 Å². The van der Waals surface area contributed by atoms with E-state index >= 15 is 0 Å². The summed E-state index contributed by atoms with van der Waals surface area (Å²) in [4.78, 5) is 22.8. The molecular weight excluding hydrogens is 294 g/mol. The molecule has 2 N–H and O–H groups in total. The fraction of sp³-hybridized carbons (Fsp3) is 0.222. The topological polar surface area (TPSA) is 75.6 Å². The fourth-order valence-electron chi connectivity index (χ4n) is 2.22. The molecule has 2 rings (SSSR count). The zero-order valence-electron chi connectivity index (χ0n) is 13.1. The second kappa shape index (κ2) is 7.45. The monoisotopic (exact) mass is 313 g/mol. The first-order valence-electron chi connectivity index (χ1n) is 7.28. The number of ether oxygens (including phenoxy) is 1. The van der Waals surface area contributed by atoms with E-state index in [0.29, 0.717) is 5.56 Å². The minimum Gasteiger partial charge on any atom is -0.478 e. The van der Waals surface area contributed by atoms with Gasteiger partial charge in [-0.1, -0.05) is 42.5 Å². The molecule has 0 aliphatic carbocycles. The molecule has 23 heavy (non-hydrogen) atoms. The first kappa shape index (κ1) is 16.5. The number of alkyl carbamates (subject to hydrolysis) is 1. The average molecular weight is 313 g/mol. The Balaban J connectivity index is 1.93. The Bertz CT molecular complexity index is 697. The minimum absolute atomic E-state index is 0.205. The molecule has 0 aliphatic rings. The van der Waals surface area contributed by atoms with Gasteiger partial charge >= 0.3 is 12.1 Å². The molecule has 0 heterocycles. The van der Waals surface area contributed by atoms with Crippen molar-refractivity contribution < 1.29 is 19.4 Å². The van der Waals surface area contributed by atoms with Crippen LogP contribution in [0.5, 0.6) is 0 Å². The maximum atomic E-state index is 11.8. The standard InChI is InChI=1S/C18H19NO4/c1-12-10-15(8-9-16(12)17(20)21)13(2)19-18(22)23-11-14-6-4-3-5-7-14/h3-10,13H,11H2,1-2H3,(H,19,22)(H,20,21)/t13-/m1/s1. The Morgan fingerprint density at radius 1 is 1.17 bits per heavy atom. The lowest BCUT2D eigenvalue weighted by atomic mass is 10.0. The van der Waals surface area contributed by atoms with E-state index in [4.69, 9.17) is 9.84 Å². The minimum atomic E-state index is -0.961. The van der Waals surface area contributed by atoms with Crippen LogP contribution in [0.15, 0.2) is 48.5 Å². The summed E-state index contributed by atoms with van der Waals surface area (Å²) in [5, 5.41) is 11.8. The highest BCUT2D eigenvalue weighted by Crippen LogP contribution is 2.17. The van der Waals surface area contributed by atoms with E-state index < -0.39 is 12.1 Å². The quantitative estimate of drug-likeness (QED) is 0.883. The van der Waals surface area contributed by atoms with Crippen LogP contribution < -0.4 is 5.32 Å². The number of nitrogens with one attached hydrogen (secondary N) is 1. The van der Waals surface area contributed by atoms with Crippen LogP contribution in [0.25, 0.3) is 0 Å². The highest BCUT2D eigenvalue weighted by Gasteiger charge is 2.13. The number of hydrogen-bond acceptors (Lipinski definition) is 3. The van der Waals surface area contributed by atoms with Gasteiger partial charge < -0.3 is 15.2 Å². The molecule has 0 aliphatic heterocycles. The summed E-state index contributed by atoms with van der Waals surface area (Å²) in [6.45, 7) is 3.75. The third-order valence-corrected chi connectivity index (χ3v) is 3.53. The predicted molar refractivity (Wildman–Crippen MR) is 86.3 cm³/mol. The summed E-state index contributed by atoms with van der Waals surface area (Å²) < 4.78 is 5.17. The maximum Gasteiger partial charge on any atom is 0.407 e. The molecule has 5 nitrogen and oxygen atoms in total. The summed E-state index contributed by atoms with van der Waals surface area (Å²) in [6, 6.07) is 14.1. The van der Waals surface area contributed by atoms with E-state index in [1.165, 1.54) is 0 Å². The van der Waals surface area contributed by atoms with E-state index in [1.807, 2.05) is 37.3 Å². The van der Waals surface area contributed by atoms with Crippen molar-refractivity contribution in [2.45, 2.75) is 26.5 Å². The van der Waals surface area contributed by atoms with Crippen LogP contribution in [-0.2, 0) is 11.3 Å². The number of carboxylic acids is 1. The Kier molecular flexibility index (Phi) is 5.36. The van der Waals surface area contributed by atoms with Gasteiger partial charge in [0.15, 0.2) is 0 Å². The molecule has 5 heteroatoms. The van der Waals surface area contributed by atoms with Gasteiger partial charge in [0.2, 0.25) is 0 Å². The van der Waals surface area contributed by atoms with Gasteiger partial charge in [0.25, 0.3) is 0 Å². The number of carbonyl (C=O) groups excluding carboxylic acids is 1. The second-order valence-electron chi connectivity index (χ2n) is 5.31. The van der Waals surface area contributed by atoms with Gasteiger partial charge in [-0.05, 0) is 36.6 Å². The molecule has 0 saturated carbocycles. The number of amides is 1. The lowest BCUT2D eigenvalue weighted by Crippen LogP contribution is -2.27. The Hall–Kier alpha value is -2.82. The van der Waals surface area contributed by atoms with E-state index in [9.17, 15) is 9.59 Å². The van der Waals surface area contributed by atoms with Crippen LogP contribution in [-0.4, -0.2) is 17.2 Å². The molecule has 0 spiro atoms. The molecule has 0 radical (unpaired) electrons. The van der Waals surface area contributed by atoms with Crippen LogP contribution in [0.4, 0.5) is 4.79 Å². The Morgan fingerprint density at radius 3 is 2.48 bits per heavy atom. The zero-order chi connectivity index (χ0) is 16.8. The van der Waals surface area contributed by atoms with Crippen molar-refractivity contribution in [1.82, 2.24) is 5.32 Å². The van der Waals surface area contributed by atoms with Crippen molar-refractivity contribution in [1.29, 1.82) is 0 Å². The fourth-order valence-corrected chi connectivity index (χ4v) is 2.22. The van der Waals surface area contributed by atoms with Gasteiger partial charge in [-0.25, -0.2) is 9.59 Å². The first-order valence-corrected chi connectivity index (χ1v) is 7.28. The van der Waals surface area contributed by atoms with Gasteiger partial charge in [0.05, 0.1) is 11.6 Å². The van der Waals surface area contributed by atoms with Crippen molar-refractivity contribution >= 4 is 12.1 Å². The van der Waals surface area contributed by atoms with Crippen molar-refractivity contribution in [3.8, 4) is 0 Å². The summed E-state index contributed by atoms with van der Waals surface area (Å²) >= 11 is 0. The summed E-state index contributed by atoms with van der Waals surface area (Å²) in [5.41, 5.74) is 2.65. The van der Waals surface area contributed by atoms with Crippen LogP contribution >= 0.6 is 0 Å². The van der Waals surface area contributed by atoms with Crippen LogP contribution in [0.3, 0.4) is 0 Å². The van der Waals surface area contributed by atoms with E-state index in [1.54, 1.807) is 25.1 Å². The molecule has 2 aromatic carbocycles. The molecule has 0 bridgehead atoms. The van der Waals surface area contributed by atoms with Crippen LogP contribution in [0.2, 0.25) is 0 Å². The second-order valence-corrected chi connectivity index (χ2v) is 5.31. The summed E-state index contributed by atoms with van der Waals surface area (Å²) in [7, 11) is 0. The predicted octanol–water partition coefficient (Wildman–Crippen LogP) is 3.68.